The molecule has 0 spiro atoms. The highest BCUT2D eigenvalue weighted by Gasteiger charge is 2.13. The van der Waals surface area contributed by atoms with Gasteiger partial charge in [-0.15, -0.1) is 0 Å². The highest BCUT2D eigenvalue weighted by molar-refractivity contribution is 4.67. The Morgan fingerprint density at radius 2 is 1.91 bits per heavy atom. The lowest BCUT2D eigenvalue weighted by atomic mass is 9.84. The fourth-order valence-electron chi connectivity index (χ4n) is 1.11. The van der Waals surface area contributed by atoms with Crippen LogP contribution in [0.3, 0.4) is 0 Å². The number of hydrogen-bond acceptors (Lipinski definition) is 0. The molecule has 0 fully saturated rings. The summed E-state index contributed by atoms with van der Waals surface area (Å²) in [6.45, 7) is 13.1. The molecular weight excluding hydrogens is 132 g/mol. The molecule has 0 heterocycles. The lowest BCUT2D eigenvalue weighted by molar-refractivity contribution is 0.304. The summed E-state index contributed by atoms with van der Waals surface area (Å²) in [5, 5.41) is 0. The van der Waals surface area contributed by atoms with Crippen LogP contribution in [0.4, 0.5) is 0 Å². The van der Waals surface area contributed by atoms with Crippen LogP contribution in [0.15, 0.2) is 0 Å². The highest BCUT2D eigenvalue weighted by atomic mass is 14.2. The van der Waals surface area contributed by atoms with Gasteiger partial charge >= 0.3 is 0 Å². The van der Waals surface area contributed by atoms with Gasteiger partial charge in [0, 0.05) is 0 Å². The van der Waals surface area contributed by atoms with Gasteiger partial charge in [-0.1, -0.05) is 53.9 Å². The largest absolute Gasteiger partial charge is 0.0649 e. The summed E-state index contributed by atoms with van der Waals surface area (Å²) in [4.78, 5) is 0. The summed E-state index contributed by atoms with van der Waals surface area (Å²) in [6, 6.07) is 0. The zero-order chi connectivity index (χ0) is 8.91. The van der Waals surface area contributed by atoms with Crippen molar-refractivity contribution < 1.29 is 0 Å². The first-order chi connectivity index (χ1) is 4.98. The molecule has 0 saturated carbocycles. The lowest BCUT2D eigenvalue weighted by Crippen LogP contribution is -2.09. The number of rotatable bonds is 5. The van der Waals surface area contributed by atoms with E-state index in [1.165, 1.54) is 25.7 Å². The van der Waals surface area contributed by atoms with E-state index in [4.69, 9.17) is 0 Å². The van der Waals surface area contributed by atoms with Crippen LogP contribution in [0.25, 0.3) is 0 Å². The summed E-state index contributed by atoms with van der Waals surface area (Å²) in [7, 11) is 0. The monoisotopic (exact) mass is 155 g/mol. The zero-order valence-corrected chi connectivity index (χ0v) is 8.61. The Hall–Kier alpha value is 0. The zero-order valence-electron chi connectivity index (χ0n) is 8.61. The van der Waals surface area contributed by atoms with Gasteiger partial charge in [-0.3, -0.25) is 0 Å². The van der Waals surface area contributed by atoms with Crippen molar-refractivity contribution >= 4 is 0 Å². The van der Waals surface area contributed by atoms with Gasteiger partial charge in [0.25, 0.3) is 0 Å². The summed E-state index contributed by atoms with van der Waals surface area (Å²) in [6.07, 6.45) is 5.26. The molecule has 1 unspecified atom stereocenters. The molecule has 0 aromatic carbocycles. The maximum atomic E-state index is 3.98. The predicted molar refractivity (Wildman–Crippen MR) is 52.4 cm³/mol. The molecule has 1 atom stereocenters. The topological polar surface area (TPSA) is 0 Å². The molecule has 0 aliphatic carbocycles. The maximum Gasteiger partial charge on any atom is -0.0357 e. The van der Waals surface area contributed by atoms with Crippen LogP contribution in [0, 0.1) is 18.3 Å². The third-order valence-corrected chi connectivity index (χ3v) is 2.51. The molecule has 0 rings (SSSR count). The van der Waals surface area contributed by atoms with E-state index in [0.29, 0.717) is 11.3 Å². The Morgan fingerprint density at radius 3 is 2.27 bits per heavy atom. The van der Waals surface area contributed by atoms with Gasteiger partial charge in [0.05, 0.1) is 0 Å². The van der Waals surface area contributed by atoms with Crippen LogP contribution >= 0.6 is 0 Å². The molecule has 0 heteroatoms. The minimum Gasteiger partial charge on any atom is -0.0649 e. The minimum absolute atomic E-state index is 0.550. The van der Waals surface area contributed by atoms with E-state index in [0.717, 1.165) is 0 Å². The van der Waals surface area contributed by atoms with Gasteiger partial charge < -0.3 is 0 Å². The van der Waals surface area contributed by atoms with E-state index in [-0.39, 0.29) is 0 Å². The van der Waals surface area contributed by atoms with Gasteiger partial charge in [0.15, 0.2) is 0 Å². The first-order valence-corrected chi connectivity index (χ1v) is 4.81. The van der Waals surface area contributed by atoms with Gasteiger partial charge in [-0.25, -0.2) is 0 Å². The maximum absolute atomic E-state index is 3.98. The summed E-state index contributed by atoms with van der Waals surface area (Å²) in [5.74, 6) is 0.627. The molecule has 0 amide bonds. The summed E-state index contributed by atoms with van der Waals surface area (Å²) >= 11 is 0. The molecule has 1 radical (unpaired) electrons. The van der Waals surface area contributed by atoms with Crippen LogP contribution in [0.2, 0.25) is 0 Å². The van der Waals surface area contributed by atoms with Crippen molar-refractivity contribution in [3.8, 4) is 0 Å². The quantitative estimate of drug-likeness (QED) is 0.561. The molecule has 0 N–H and O–H groups in total. The average Bonchev–Trinajstić information content (AvgIpc) is 1.87. The molecule has 0 bridgehead atoms. The first-order valence-electron chi connectivity index (χ1n) is 4.81. The minimum atomic E-state index is 0.550. The summed E-state index contributed by atoms with van der Waals surface area (Å²) < 4.78 is 0. The van der Waals surface area contributed by atoms with Crippen LogP contribution in [-0.4, -0.2) is 0 Å². The molecule has 0 aliphatic heterocycles. The SMILES string of the molecule is [CH2]C(C)CCCC(C)(C)CC. The molecular formula is C11H23. The van der Waals surface area contributed by atoms with Crippen molar-refractivity contribution in [3.63, 3.8) is 0 Å². The van der Waals surface area contributed by atoms with Crippen molar-refractivity contribution in [3.05, 3.63) is 6.92 Å². The molecule has 0 aromatic heterocycles. The second kappa shape index (κ2) is 4.79. The fraction of sp³-hybridized carbons (Fsp3) is 0.909. The molecule has 0 aromatic rings. The van der Waals surface area contributed by atoms with E-state index < -0.39 is 0 Å². The molecule has 0 aliphatic rings. The normalized spacial score (nSPS) is 12.5. The smallest absolute Gasteiger partial charge is 0.0357 e. The Morgan fingerprint density at radius 1 is 1.36 bits per heavy atom. The van der Waals surface area contributed by atoms with Crippen LogP contribution in [0.5, 0.6) is 0 Å². The highest BCUT2D eigenvalue weighted by Crippen LogP contribution is 2.27. The van der Waals surface area contributed by atoms with Crippen molar-refractivity contribution in [1.29, 1.82) is 0 Å². The standard InChI is InChI=1S/C11H23/c1-6-11(4,5)9-7-8-10(2)3/h10H,2,6-9H2,1,3-5H3. The van der Waals surface area contributed by atoms with Gasteiger partial charge in [-0.05, 0) is 17.8 Å². The third kappa shape index (κ3) is 6.40. The van der Waals surface area contributed by atoms with E-state index in [9.17, 15) is 0 Å². The Labute approximate surface area is 72.4 Å². The average molecular weight is 155 g/mol. The van der Waals surface area contributed by atoms with Gasteiger partial charge in [0.2, 0.25) is 0 Å². The molecule has 11 heavy (non-hydrogen) atoms. The van der Waals surface area contributed by atoms with Crippen molar-refractivity contribution in [2.24, 2.45) is 11.3 Å². The van der Waals surface area contributed by atoms with Gasteiger partial charge in [-0.2, -0.15) is 0 Å². The molecule has 67 valence electrons. The van der Waals surface area contributed by atoms with Crippen LogP contribution < -0.4 is 0 Å². The van der Waals surface area contributed by atoms with Crippen molar-refractivity contribution in [1.82, 2.24) is 0 Å². The van der Waals surface area contributed by atoms with Crippen molar-refractivity contribution in [2.75, 3.05) is 0 Å². The van der Waals surface area contributed by atoms with E-state index in [1.54, 1.807) is 0 Å². The summed E-state index contributed by atoms with van der Waals surface area (Å²) in [5.41, 5.74) is 0.550. The van der Waals surface area contributed by atoms with E-state index >= 15 is 0 Å². The Balaban J connectivity index is 3.38. The Bertz CT molecular complexity index is 90.2. The van der Waals surface area contributed by atoms with Gasteiger partial charge in [0.1, 0.15) is 0 Å². The number of hydrogen-bond donors (Lipinski definition) is 0. The van der Waals surface area contributed by atoms with E-state index in [1.807, 2.05) is 0 Å². The lowest BCUT2D eigenvalue weighted by Gasteiger charge is -2.22. The predicted octanol–water partition coefficient (Wildman–Crippen LogP) is 4.06. The third-order valence-electron chi connectivity index (χ3n) is 2.51. The first kappa shape index (κ1) is 11.0. The Kier molecular flexibility index (Phi) is 4.79. The second-order valence-corrected chi connectivity index (χ2v) is 4.52. The van der Waals surface area contributed by atoms with Crippen LogP contribution in [-0.2, 0) is 0 Å². The molecule has 0 nitrogen and oxygen atoms in total. The second-order valence-electron chi connectivity index (χ2n) is 4.52. The molecule has 0 saturated heterocycles. The van der Waals surface area contributed by atoms with E-state index in [2.05, 4.69) is 34.6 Å². The van der Waals surface area contributed by atoms with Crippen molar-refractivity contribution in [2.45, 2.75) is 53.4 Å². The fourth-order valence-corrected chi connectivity index (χ4v) is 1.11. The van der Waals surface area contributed by atoms with Crippen LogP contribution in [0.1, 0.15) is 53.4 Å².